The first-order valence-corrected chi connectivity index (χ1v) is 13.8. The molecule has 0 unspecified atom stereocenters. The molecule has 0 saturated carbocycles. The molecule has 0 atom stereocenters. The van der Waals surface area contributed by atoms with Gasteiger partial charge in [0.25, 0.3) is 0 Å². The maximum atomic E-state index is 13.1. The number of benzene rings is 1. The molecule has 9 heteroatoms. The molecule has 2 aromatic rings. The van der Waals surface area contributed by atoms with Crippen molar-refractivity contribution in [2.24, 2.45) is 0 Å². The predicted octanol–water partition coefficient (Wildman–Crippen LogP) is 4.68. The topological polar surface area (TPSA) is 86.8 Å². The molecular formula is C24H33N3O4S2. The third kappa shape index (κ3) is 6.22. The first-order chi connectivity index (χ1) is 15.8. The van der Waals surface area contributed by atoms with Gasteiger partial charge in [-0.25, -0.2) is 8.42 Å². The molecule has 180 valence electrons. The number of hydrogen-bond donors (Lipinski definition) is 1. The number of nitrogens with zero attached hydrogens (tertiary/aromatic N) is 2. The molecule has 1 saturated heterocycles. The average molecular weight is 492 g/mol. The van der Waals surface area contributed by atoms with E-state index in [9.17, 15) is 18.0 Å². The zero-order chi connectivity index (χ0) is 24.0. The lowest BCUT2D eigenvalue weighted by molar-refractivity contribution is -0.116. The van der Waals surface area contributed by atoms with E-state index in [0.717, 1.165) is 42.9 Å². The standard InChI is InChI=1S/C24H33N3O4S2/c1-4-27(5-2)33(30,31)19-10-11-21(26-15-7-6-8-16-26)20(17-19)25-24(29)14-12-22(28)23-13-9-18(3)32-23/h9-11,13,17H,4-8,12,14-16H2,1-3H3,(H,25,29). The number of amides is 1. The highest BCUT2D eigenvalue weighted by Gasteiger charge is 2.25. The highest BCUT2D eigenvalue weighted by Crippen LogP contribution is 2.32. The van der Waals surface area contributed by atoms with Gasteiger partial charge in [0.1, 0.15) is 0 Å². The zero-order valence-electron chi connectivity index (χ0n) is 19.6. The lowest BCUT2D eigenvalue weighted by Crippen LogP contribution is -2.32. The molecule has 0 aliphatic carbocycles. The normalized spacial score (nSPS) is 14.5. The molecule has 1 aromatic carbocycles. The van der Waals surface area contributed by atoms with E-state index < -0.39 is 10.0 Å². The summed E-state index contributed by atoms with van der Waals surface area (Å²) in [6.45, 7) is 8.02. The summed E-state index contributed by atoms with van der Waals surface area (Å²) in [5.41, 5.74) is 1.30. The maximum Gasteiger partial charge on any atom is 0.243 e. The van der Waals surface area contributed by atoms with Gasteiger partial charge in [0.15, 0.2) is 5.78 Å². The second kappa shape index (κ2) is 11.3. The Balaban J connectivity index is 1.82. The molecule has 1 aromatic heterocycles. The number of carbonyl (C=O) groups is 2. The Morgan fingerprint density at radius 1 is 1.03 bits per heavy atom. The number of hydrogen-bond acceptors (Lipinski definition) is 6. The van der Waals surface area contributed by atoms with Gasteiger partial charge in [-0.1, -0.05) is 13.8 Å². The summed E-state index contributed by atoms with van der Waals surface area (Å²) in [5.74, 6) is -0.357. The molecule has 1 fully saturated rings. The number of carbonyl (C=O) groups excluding carboxylic acids is 2. The van der Waals surface area contributed by atoms with E-state index in [4.69, 9.17) is 0 Å². The molecule has 3 rings (SSSR count). The molecular weight excluding hydrogens is 458 g/mol. The quantitative estimate of drug-likeness (QED) is 0.488. The Hall–Kier alpha value is -2.23. The van der Waals surface area contributed by atoms with E-state index >= 15 is 0 Å². The summed E-state index contributed by atoms with van der Waals surface area (Å²) in [4.78, 5) is 29.2. The van der Waals surface area contributed by atoms with E-state index in [1.54, 1.807) is 38.1 Å². The number of Topliss-reactive ketones (excluding diaryl/α,β-unsaturated/α-hetero) is 1. The Morgan fingerprint density at radius 2 is 1.73 bits per heavy atom. The molecule has 1 amide bonds. The number of rotatable bonds is 10. The van der Waals surface area contributed by atoms with E-state index in [-0.39, 0.29) is 29.4 Å². The summed E-state index contributed by atoms with van der Waals surface area (Å²) < 4.78 is 27.5. The molecule has 0 radical (unpaired) electrons. The molecule has 7 nitrogen and oxygen atoms in total. The number of nitrogens with one attached hydrogen (secondary N) is 1. The van der Waals surface area contributed by atoms with Crippen LogP contribution in [0.15, 0.2) is 35.2 Å². The van der Waals surface area contributed by atoms with Crippen LogP contribution in [0.2, 0.25) is 0 Å². The number of anilines is 2. The third-order valence-corrected chi connectivity index (χ3v) is 8.96. The van der Waals surface area contributed by atoms with Crippen molar-refractivity contribution in [3.05, 3.63) is 40.1 Å². The number of sulfonamides is 1. The fourth-order valence-electron chi connectivity index (χ4n) is 4.05. The highest BCUT2D eigenvalue weighted by molar-refractivity contribution is 7.89. The highest BCUT2D eigenvalue weighted by atomic mass is 32.2. The number of thiophene rings is 1. The van der Waals surface area contributed by atoms with Crippen molar-refractivity contribution in [1.82, 2.24) is 4.31 Å². The Kier molecular flexibility index (Phi) is 8.67. The lowest BCUT2D eigenvalue weighted by atomic mass is 10.1. The summed E-state index contributed by atoms with van der Waals surface area (Å²) in [6, 6.07) is 8.65. The van der Waals surface area contributed by atoms with Crippen molar-refractivity contribution in [2.45, 2.75) is 57.8 Å². The molecule has 2 heterocycles. The van der Waals surface area contributed by atoms with E-state index in [1.807, 2.05) is 13.0 Å². The van der Waals surface area contributed by atoms with Gasteiger partial charge in [-0.3, -0.25) is 9.59 Å². The SMILES string of the molecule is CCN(CC)S(=O)(=O)c1ccc(N2CCCCC2)c(NC(=O)CCC(=O)c2ccc(C)s2)c1. The fourth-order valence-corrected chi connectivity index (χ4v) is 6.37. The number of piperidine rings is 1. The minimum atomic E-state index is -3.66. The Bertz CT molecular complexity index is 1080. The van der Waals surface area contributed by atoms with Crippen LogP contribution in [0.5, 0.6) is 0 Å². The smallest absolute Gasteiger partial charge is 0.243 e. The van der Waals surface area contributed by atoms with Gasteiger partial charge >= 0.3 is 0 Å². The summed E-state index contributed by atoms with van der Waals surface area (Å²) in [6.07, 6.45) is 3.44. The van der Waals surface area contributed by atoms with E-state index in [2.05, 4.69) is 10.2 Å². The van der Waals surface area contributed by atoms with Crippen LogP contribution >= 0.6 is 11.3 Å². The second-order valence-corrected chi connectivity index (χ2v) is 11.4. The van der Waals surface area contributed by atoms with Crippen LogP contribution in [0.3, 0.4) is 0 Å². The van der Waals surface area contributed by atoms with Crippen molar-refractivity contribution < 1.29 is 18.0 Å². The minimum absolute atomic E-state index is 0.0439. The van der Waals surface area contributed by atoms with Gasteiger partial charge in [0.05, 0.1) is 21.1 Å². The van der Waals surface area contributed by atoms with Gasteiger partial charge in [-0.2, -0.15) is 4.31 Å². The first kappa shape index (κ1) is 25.4. The van der Waals surface area contributed by atoms with Crippen molar-refractivity contribution in [3.8, 4) is 0 Å². The van der Waals surface area contributed by atoms with Crippen LogP contribution in [0.4, 0.5) is 11.4 Å². The summed E-state index contributed by atoms with van der Waals surface area (Å²) in [7, 11) is -3.66. The average Bonchev–Trinajstić information content (AvgIpc) is 3.25. The van der Waals surface area contributed by atoms with Gasteiger partial charge in [-0.05, 0) is 56.5 Å². The Labute approximate surface area is 200 Å². The molecule has 1 aliphatic rings. The van der Waals surface area contributed by atoms with Crippen LogP contribution in [0.1, 0.15) is 60.5 Å². The van der Waals surface area contributed by atoms with Gasteiger partial charge in [-0.15, -0.1) is 11.3 Å². The fraction of sp³-hybridized carbons (Fsp3) is 0.500. The molecule has 1 aliphatic heterocycles. The van der Waals surface area contributed by atoms with Gasteiger partial charge < -0.3 is 10.2 Å². The van der Waals surface area contributed by atoms with Crippen LogP contribution < -0.4 is 10.2 Å². The van der Waals surface area contributed by atoms with Crippen LogP contribution in [0.25, 0.3) is 0 Å². The van der Waals surface area contributed by atoms with Crippen LogP contribution in [-0.2, 0) is 14.8 Å². The maximum absolute atomic E-state index is 13.1. The minimum Gasteiger partial charge on any atom is -0.370 e. The third-order valence-electron chi connectivity index (χ3n) is 5.88. The summed E-state index contributed by atoms with van der Waals surface area (Å²) in [5, 5.41) is 2.89. The molecule has 0 bridgehead atoms. The van der Waals surface area contributed by atoms with E-state index in [0.29, 0.717) is 23.7 Å². The predicted molar refractivity (Wildman–Crippen MR) is 134 cm³/mol. The largest absolute Gasteiger partial charge is 0.370 e. The zero-order valence-corrected chi connectivity index (χ0v) is 21.2. The first-order valence-electron chi connectivity index (χ1n) is 11.5. The Morgan fingerprint density at radius 3 is 2.33 bits per heavy atom. The lowest BCUT2D eigenvalue weighted by Gasteiger charge is -2.31. The van der Waals surface area contributed by atoms with Gasteiger partial charge in [0.2, 0.25) is 15.9 Å². The van der Waals surface area contributed by atoms with Crippen molar-refractivity contribution in [1.29, 1.82) is 0 Å². The van der Waals surface area contributed by atoms with Crippen LogP contribution in [0, 0.1) is 6.92 Å². The van der Waals surface area contributed by atoms with E-state index in [1.165, 1.54) is 15.6 Å². The van der Waals surface area contributed by atoms with Crippen molar-refractivity contribution >= 4 is 44.4 Å². The second-order valence-electron chi connectivity index (χ2n) is 8.20. The molecule has 0 spiro atoms. The van der Waals surface area contributed by atoms with Crippen molar-refractivity contribution in [3.63, 3.8) is 0 Å². The number of ketones is 1. The monoisotopic (exact) mass is 491 g/mol. The molecule has 33 heavy (non-hydrogen) atoms. The van der Waals surface area contributed by atoms with Crippen LogP contribution in [-0.4, -0.2) is 50.6 Å². The summed E-state index contributed by atoms with van der Waals surface area (Å²) >= 11 is 1.43. The van der Waals surface area contributed by atoms with Crippen molar-refractivity contribution in [2.75, 3.05) is 36.4 Å². The molecule has 1 N–H and O–H groups in total. The van der Waals surface area contributed by atoms with Gasteiger partial charge in [0, 0.05) is 43.9 Å². The number of aryl methyl sites for hydroxylation is 1.